The van der Waals surface area contributed by atoms with Crippen LogP contribution >= 0.6 is 0 Å². The van der Waals surface area contributed by atoms with Crippen LogP contribution in [0.2, 0.25) is 0 Å². The third-order valence-electron chi connectivity index (χ3n) is 3.22. The van der Waals surface area contributed by atoms with Crippen molar-refractivity contribution in [3.8, 4) is 16.9 Å². The SMILES string of the molecule is FC(F)(F)Oc1ccc(-c2ccc3c(C(F)(F)F)ncn3c2)cc1. The number of hydrogen-bond acceptors (Lipinski definition) is 2. The number of nitrogens with zero attached hydrogens (tertiary/aromatic N) is 2. The zero-order valence-corrected chi connectivity index (χ0v) is 11.7. The smallest absolute Gasteiger partial charge is 0.406 e. The summed E-state index contributed by atoms with van der Waals surface area (Å²) in [4.78, 5) is 3.35. The minimum atomic E-state index is -4.79. The molecular formula is C15H8F6N2O. The first-order valence-corrected chi connectivity index (χ1v) is 6.53. The molecule has 1 aromatic carbocycles. The van der Waals surface area contributed by atoms with E-state index in [0.717, 1.165) is 18.5 Å². The van der Waals surface area contributed by atoms with Gasteiger partial charge in [0, 0.05) is 6.20 Å². The quantitative estimate of drug-likeness (QED) is 0.616. The van der Waals surface area contributed by atoms with Crippen LogP contribution in [0.15, 0.2) is 48.9 Å². The highest BCUT2D eigenvalue weighted by molar-refractivity contribution is 5.67. The van der Waals surface area contributed by atoms with Crippen molar-refractivity contribution in [1.29, 1.82) is 0 Å². The van der Waals surface area contributed by atoms with Crippen LogP contribution in [0.1, 0.15) is 5.69 Å². The van der Waals surface area contributed by atoms with E-state index >= 15 is 0 Å². The highest BCUT2D eigenvalue weighted by Gasteiger charge is 2.35. The van der Waals surface area contributed by atoms with Crippen LogP contribution in [0.5, 0.6) is 5.75 Å². The molecule has 0 saturated heterocycles. The van der Waals surface area contributed by atoms with Gasteiger partial charge >= 0.3 is 12.5 Å². The molecule has 0 fully saturated rings. The Hall–Kier alpha value is -2.71. The standard InChI is InChI=1S/C15H8F6N2O/c16-14(17,18)13-12-6-3-10(7-23(12)8-22-13)9-1-4-11(5-2-9)24-15(19,20)21/h1-8H. The molecule has 0 radical (unpaired) electrons. The molecule has 126 valence electrons. The van der Waals surface area contributed by atoms with E-state index < -0.39 is 18.2 Å². The summed E-state index contributed by atoms with van der Waals surface area (Å²) in [6.45, 7) is 0. The number of aromatic nitrogens is 2. The predicted octanol–water partition coefficient (Wildman–Crippen LogP) is 4.92. The molecule has 3 aromatic rings. The van der Waals surface area contributed by atoms with Crippen molar-refractivity contribution >= 4 is 5.52 Å². The summed E-state index contributed by atoms with van der Waals surface area (Å²) < 4.78 is 79.6. The molecule has 0 saturated carbocycles. The number of halogens is 6. The maximum absolute atomic E-state index is 12.8. The summed E-state index contributed by atoms with van der Waals surface area (Å²) in [6, 6.07) is 7.70. The van der Waals surface area contributed by atoms with Crippen LogP contribution in [0.4, 0.5) is 26.3 Å². The lowest BCUT2D eigenvalue weighted by Gasteiger charge is -2.09. The Bertz CT molecular complexity index is 864. The minimum absolute atomic E-state index is 0.108. The van der Waals surface area contributed by atoms with E-state index in [-0.39, 0.29) is 11.3 Å². The summed E-state index contributed by atoms with van der Waals surface area (Å²) in [7, 11) is 0. The first-order chi connectivity index (χ1) is 11.1. The molecule has 0 aliphatic heterocycles. The van der Waals surface area contributed by atoms with Gasteiger partial charge in [0.05, 0.1) is 11.8 Å². The Morgan fingerprint density at radius 1 is 0.833 bits per heavy atom. The first kappa shape index (κ1) is 16.2. The van der Waals surface area contributed by atoms with Crippen molar-refractivity contribution in [2.24, 2.45) is 0 Å². The van der Waals surface area contributed by atoms with Crippen molar-refractivity contribution < 1.29 is 31.1 Å². The van der Waals surface area contributed by atoms with Crippen LogP contribution in [0.3, 0.4) is 0 Å². The van der Waals surface area contributed by atoms with Gasteiger partial charge in [0.1, 0.15) is 5.75 Å². The van der Waals surface area contributed by atoms with Gasteiger partial charge in [-0.15, -0.1) is 13.2 Å². The molecule has 2 heterocycles. The highest BCUT2D eigenvalue weighted by atomic mass is 19.4. The zero-order chi connectivity index (χ0) is 17.5. The van der Waals surface area contributed by atoms with E-state index in [1.54, 1.807) is 0 Å². The fourth-order valence-corrected chi connectivity index (χ4v) is 2.24. The minimum Gasteiger partial charge on any atom is -0.406 e. The number of fused-ring (bicyclic) bond motifs is 1. The van der Waals surface area contributed by atoms with E-state index in [1.165, 1.54) is 34.9 Å². The van der Waals surface area contributed by atoms with Crippen molar-refractivity contribution in [3.05, 3.63) is 54.6 Å². The number of pyridine rings is 1. The summed E-state index contributed by atoms with van der Waals surface area (Å²) in [5.41, 5.74) is -0.0629. The maximum Gasteiger partial charge on any atom is 0.573 e. The largest absolute Gasteiger partial charge is 0.573 e. The van der Waals surface area contributed by atoms with Gasteiger partial charge in [-0.25, -0.2) is 4.98 Å². The fourth-order valence-electron chi connectivity index (χ4n) is 2.24. The molecule has 0 aliphatic rings. The normalized spacial score (nSPS) is 12.6. The summed E-state index contributed by atoms with van der Waals surface area (Å²) >= 11 is 0. The molecule has 9 heteroatoms. The van der Waals surface area contributed by atoms with Gasteiger partial charge in [-0.3, -0.25) is 0 Å². The van der Waals surface area contributed by atoms with E-state index in [0.29, 0.717) is 11.1 Å². The van der Waals surface area contributed by atoms with Crippen molar-refractivity contribution in [2.75, 3.05) is 0 Å². The van der Waals surface area contributed by atoms with Gasteiger partial charge < -0.3 is 9.14 Å². The summed E-state index contributed by atoms with van der Waals surface area (Å²) in [5, 5.41) is 0. The topological polar surface area (TPSA) is 26.5 Å². The van der Waals surface area contributed by atoms with Crippen LogP contribution in [-0.2, 0) is 6.18 Å². The lowest BCUT2D eigenvalue weighted by molar-refractivity contribution is -0.274. The highest BCUT2D eigenvalue weighted by Crippen LogP contribution is 2.32. The lowest BCUT2D eigenvalue weighted by atomic mass is 10.1. The molecule has 3 nitrogen and oxygen atoms in total. The van der Waals surface area contributed by atoms with E-state index in [4.69, 9.17) is 0 Å². The molecule has 0 aliphatic carbocycles. The molecule has 3 rings (SSSR count). The molecule has 2 aromatic heterocycles. The lowest BCUT2D eigenvalue weighted by Crippen LogP contribution is -2.16. The van der Waals surface area contributed by atoms with Crippen molar-refractivity contribution in [3.63, 3.8) is 0 Å². The van der Waals surface area contributed by atoms with Gasteiger partial charge in [0.15, 0.2) is 5.69 Å². The van der Waals surface area contributed by atoms with Crippen molar-refractivity contribution in [2.45, 2.75) is 12.5 Å². The Morgan fingerprint density at radius 2 is 1.46 bits per heavy atom. The van der Waals surface area contributed by atoms with Gasteiger partial charge in [-0.1, -0.05) is 18.2 Å². The van der Waals surface area contributed by atoms with Gasteiger partial charge in [-0.05, 0) is 29.3 Å². The van der Waals surface area contributed by atoms with E-state index in [1.807, 2.05) is 0 Å². The third kappa shape index (κ3) is 3.29. The number of imidazole rings is 1. The Balaban J connectivity index is 1.93. The van der Waals surface area contributed by atoms with Crippen molar-refractivity contribution in [1.82, 2.24) is 9.38 Å². The first-order valence-electron chi connectivity index (χ1n) is 6.53. The maximum atomic E-state index is 12.8. The number of rotatable bonds is 2. The van der Waals surface area contributed by atoms with E-state index in [2.05, 4.69) is 9.72 Å². The molecular weight excluding hydrogens is 338 g/mol. The number of alkyl halides is 6. The van der Waals surface area contributed by atoms with Gasteiger partial charge in [0.2, 0.25) is 0 Å². The van der Waals surface area contributed by atoms with Gasteiger partial charge in [-0.2, -0.15) is 13.2 Å². The van der Waals surface area contributed by atoms with Crippen LogP contribution in [-0.4, -0.2) is 15.7 Å². The summed E-state index contributed by atoms with van der Waals surface area (Å²) in [5.74, 6) is -0.380. The Labute approximate surface area is 131 Å². The second-order valence-corrected chi connectivity index (χ2v) is 4.87. The molecule has 0 unspecified atom stereocenters. The zero-order valence-electron chi connectivity index (χ0n) is 11.7. The molecule has 24 heavy (non-hydrogen) atoms. The Morgan fingerprint density at radius 3 is 2.04 bits per heavy atom. The summed E-state index contributed by atoms with van der Waals surface area (Å²) in [6.07, 6.45) is -6.90. The fraction of sp³-hybridized carbons (Fsp3) is 0.133. The average molecular weight is 346 g/mol. The molecule has 0 N–H and O–H groups in total. The second-order valence-electron chi connectivity index (χ2n) is 4.87. The van der Waals surface area contributed by atoms with Crippen LogP contribution < -0.4 is 4.74 Å². The van der Waals surface area contributed by atoms with Crippen LogP contribution in [0, 0.1) is 0 Å². The monoisotopic (exact) mass is 346 g/mol. The van der Waals surface area contributed by atoms with Gasteiger partial charge in [0.25, 0.3) is 0 Å². The number of hydrogen-bond donors (Lipinski definition) is 0. The number of ether oxygens (including phenoxy) is 1. The average Bonchev–Trinajstić information content (AvgIpc) is 2.89. The third-order valence-corrected chi connectivity index (χ3v) is 3.22. The molecule has 0 amide bonds. The predicted molar refractivity (Wildman–Crippen MR) is 72.3 cm³/mol. The molecule has 0 bridgehead atoms. The Kier molecular flexibility index (Phi) is 3.66. The second kappa shape index (κ2) is 5.43. The van der Waals surface area contributed by atoms with Crippen LogP contribution in [0.25, 0.3) is 16.6 Å². The number of benzene rings is 1. The molecule has 0 spiro atoms. The van der Waals surface area contributed by atoms with E-state index in [9.17, 15) is 26.3 Å². The molecule has 0 atom stereocenters.